The van der Waals surface area contributed by atoms with Gasteiger partial charge < -0.3 is 10.7 Å². The maximum Gasteiger partial charge on any atom is 0.137 e. The number of pyridine rings is 1. The van der Waals surface area contributed by atoms with Gasteiger partial charge in [-0.3, -0.25) is 0 Å². The molecule has 0 fully saturated rings. The van der Waals surface area contributed by atoms with Crippen LogP contribution in [0, 0.1) is 0 Å². The second kappa shape index (κ2) is 3.18. The van der Waals surface area contributed by atoms with E-state index in [-0.39, 0.29) is 6.04 Å². The van der Waals surface area contributed by atoms with E-state index >= 15 is 0 Å². The predicted octanol–water partition coefficient (Wildman–Crippen LogP) is 1.45. The summed E-state index contributed by atoms with van der Waals surface area (Å²) >= 11 is 0. The number of H-pyrrole nitrogens is 1. The maximum atomic E-state index is 5.74. The Kier molecular flexibility index (Phi) is 2.02. The number of nitrogens with one attached hydrogen (secondary N) is 1. The van der Waals surface area contributed by atoms with E-state index in [0.717, 1.165) is 12.1 Å². The quantitative estimate of drug-likeness (QED) is 0.725. The third kappa shape index (κ3) is 1.55. The van der Waals surface area contributed by atoms with Gasteiger partial charge in [-0.2, -0.15) is 0 Å². The molecule has 0 aliphatic carbocycles. The first kappa shape index (κ1) is 8.26. The lowest BCUT2D eigenvalue weighted by atomic mass is 10.1. The van der Waals surface area contributed by atoms with Crippen LogP contribution in [0.3, 0.4) is 0 Å². The molecule has 0 aromatic carbocycles. The molecule has 13 heavy (non-hydrogen) atoms. The summed E-state index contributed by atoms with van der Waals surface area (Å²) in [6, 6.07) is 4.21. The van der Waals surface area contributed by atoms with Crippen LogP contribution in [-0.2, 0) is 6.42 Å². The number of nitrogens with two attached hydrogens (primary N) is 1. The first-order valence-electron chi connectivity index (χ1n) is 4.44. The highest BCUT2D eigenvalue weighted by atomic mass is 14.8. The van der Waals surface area contributed by atoms with E-state index in [9.17, 15) is 0 Å². The molecule has 0 amide bonds. The van der Waals surface area contributed by atoms with Crippen molar-refractivity contribution in [2.24, 2.45) is 5.73 Å². The highest BCUT2D eigenvalue weighted by molar-refractivity contribution is 5.79. The van der Waals surface area contributed by atoms with Crippen molar-refractivity contribution in [3.63, 3.8) is 0 Å². The van der Waals surface area contributed by atoms with Gasteiger partial charge in [0, 0.05) is 23.8 Å². The fraction of sp³-hybridized carbons (Fsp3) is 0.300. The van der Waals surface area contributed by atoms with Crippen molar-refractivity contribution >= 4 is 11.0 Å². The lowest BCUT2D eigenvalue weighted by molar-refractivity contribution is 0.741. The van der Waals surface area contributed by atoms with Crippen molar-refractivity contribution < 1.29 is 0 Å². The summed E-state index contributed by atoms with van der Waals surface area (Å²) in [6.07, 6.45) is 4.67. The third-order valence-corrected chi connectivity index (χ3v) is 2.08. The van der Waals surface area contributed by atoms with E-state index < -0.39 is 0 Å². The molecule has 2 heterocycles. The molecule has 3 nitrogen and oxygen atoms in total. The van der Waals surface area contributed by atoms with Gasteiger partial charge in [0.05, 0.1) is 0 Å². The van der Waals surface area contributed by atoms with Crippen LogP contribution in [-0.4, -0.2) is 16.0 Å². The first-order valence-corrected chi connectivity index (χ1v) is 4.44. The molecule has 0 spiro atoms. The van der Waals surface area contributed by atoms with Crippen LogP contribution in [0.4, 0.5) is 0 Å². The second-order valence-electron chi connectivity index (χ2n) is 3.39. The zero-order valence-corrected chi connectivity index (χ0v) is 7.62. The lowest BCUT2D eigenvalue weighted by Gasteiger charge is -2.01. The molecular formula is C10H13N3. The molecule has 3 heteroatoms. The Morgan fingerprint density at radius 2 is 2.46 bits per heavy atom. The topological polar surface area (TPSA) is 54.7 Å². The van der Waals surface area contributed by atoms with Crippen LogP contribution in [0.1, 0.15) is 12.5 Å². The molecule has 0 radical (unpaired) electrons. The number of aromatic nitrogens is 2. The normalized spacial score (nSPS) is 13.4. The van der Waals surface area contributed by atoms with Crippen LogP contribution in [0.25, 0.3) is 11.0 Å². The summed E-state index contributed by atoms with van der Waals surface area (Å²) in [5.41, 5.74) is 7.93. The van der Waals surface area contributed by atoms with Gasteiger partial charge in [0.25, 0.3) is 0 Å². The minimum Gasteiger partial charge on any atom is -0.346 e. The van der Waals surface area contributed by atoms with Crippen LogP contribution < -0.4 is 5.73 Å². The molecule has 0 saturated heterocycles. The fourth-order valence-electron chi connectivity index (χ4n) is 1.53. The van der Waals surface area contributed by atoms with Crippen LogP contribution in [0.2, 0.25) is 0 Å². The summed E-state index contributed by atoms with van der Waals surface area (Å²) in [7, 11) is 0. The van der Waals surface area contributed by atoms with Gasteiger partial charge in [0.1, 0.15) is 5.65 Å². The van der Waals surface area contributed by atoms with Crippen LogP contribution in [0.5, 0.6) is 0 Å². The lowest BCUT2D eigenvalue weighted by Crippen LogP contribution is -2.17. The van der Waals surface area contributed by atoms with Crippen LogP contribution in [0.15, 0.2) is 24.5 Å². The number of nitrogens with zero attached hydrogens (tertiary/aromatic N) is 1. The molecule has 2 aromatic heterocycles. The summed E-state index contributed by atoms with van der Waals surface area (Å²) < 4.78 is 0. The third-order valence-electron chi connectivity index (χ3n) is 2.08. The predicted molar refractivity (Wildman–Crippen MR) is 53.4 cm³/mol. The highest BCUT2D eigenvalue weighted by Crippen LogP contribution is 2.16. The SMILES string of the molecule is C[C@@H](N)Cc1c[nH]c2ncccc12. The highest BCUT2D eigenvalue weighted by Gasteiger charge is 2.04. The van der Waals surface area contributed by atoms with Crippen LogP contribution >= 0.6 is 0 Å². The average molecular weight is 175 g/mol. The van der Waals surface area contributed by atoms with E-state index in [1.807, 2.05) is 19.2 Å². The largest absolute Gasteiger partial charge is 0.346 e. The number of hydrogen-bond donors (Lipinski definition) is 2. The van der Waals surface area contributed by atoms with Crippen molar-refractivity contribution in [1.29, 1.82) is 0 Å². The van der Waals surface area contributed by atoms with Gasteiger partial charge in [-0.25, -0.2) is 4.98 Å². The minimum absolute atomic E-state index is 0.194. The summed E-state index contributed by atoms with van der Waals surface area (Å²) in [6.45, 7) is 2.01. The molecule has 0 saturated carbocycles. The Labute approximate surface area is 77.0 Å². The number of rotatable bonds is 2. The monoisotopic (exact) mass is 175 g/mol. The summed E-state index contributed by atoms with van der Waals surface area (Å²) in [5.74, 6) is 0. The van der Waals surface area contributed by atoms with Crippen molar-refractivity contribution in [3.05, 3.63) is 30.1 Å². The fourth-order valence-corrected chi connectivity index (χ4v) is 1.53. The Morgan fingerprint density at radius 3 is 3.23 bits per heavy atom. The first-order chi connectivity index (χ1) is 6.27. The standard InChI is InChI=1S/C10H13N3/c1-7(11)5-8-6-13-10-9(8)3-2-4-12-10/h2-4,6-7H,5,11H2,1H3,(H,12,13)/t7-/m1/s1. The van der Waals surface area contributed by atoms with E-state index in [1.54, 1.807) is 6.20 Å². The molecule has 3 N–H and O–H groups in total. The van der Waals surface area contributed by atoms with Gasteiger partial charge in [0.15, 0.2) is 0 Å². The molecule has 0 unspecified atom stereocenters. The molecule has 0 bridgehead atoms. The van der Waals surface area contributed by atoms with E-state index in [0.29, 0.717) is 0 Å². The van der Waals surface area contributed by atoms with Crippen molar-refractivity contribution in [3.8, 4) is 0 Å². The zero-order chi connectivity index (χ0) is 9.26. The minimum atomic E-state index is 0.194. The number of aromatic amines is 1. The van der Waals surface area contributed by atoms with Gasteiger partial charge in [-0.1, -0.05) is 0 Å². The van der Waals surface area contributed by atoms with Crippen molar-refractivity contribution in [1.82, 2.24) is 9.97 Å². The molecular weight excluding hydrogens is 162 g/mol. The zero-order valence-electron chi connectivity index (χ0n) is 7.62. The Balaban J connectivity index is 2.46. The average Bonchev–Trinajstić information content (AvgIpc) is 2.48. The van der Waals surface area contributed by atoms with Gasteiger partial charge in [-0.15, -0.1) is 0 Å². The molecule has 0 aliphatic rings. The molecule has 0 aliphatic heterocycles. The molecule has 1 atom stereocenters. The molecule has 2 aromatic rings. The maximum absolute atomic E-state index is 5.74. The Morgan fingerprint density at radius 1 is 1.62 bits per heavy atom. The summed E-state index contributed by atoms with van der Waals surface area (Å²) in [4.78, 5) is 7.34. The molecule has 68 valence electrons. The van der Waals surface area contributed by atoms with Gasteiger partial charge >= 0.3 is 0 Å². The Hall–Kier alpha value is -1.35. The van der Waals surface area contributed by atoms with E-state index in [1.165, 1.54) is 10.9 Å². The van der Waals surface area contributed by atoms with E-state index in [2.05, 4.69) is 16.0 Å². The van der Waals surface area contributed by atoms with E-state index in [4.69, 9.17) is 5.73 Å². The van der Waals surface area contributed by atoms with Crippen molar-refractivity contribution in [2.75, 3.05) is 0 Å². The van der Waals surface area contributed by atoms with Crippen molar-refractivity contribution in [2.45, 2.75) is 19.4 Å². The summed E-state index contributed by atoms with van der Waals surface area (Å²) in [5, 5.41) is 1.18. The molecule has 2 rings (SSSR count). The number of fused-ring (bicyclic) bond motifs is 1. The smallest absolute Gasteiger partial charge is 0.137 e. The van der Waals surface area contributed by atoms with Gasteiger partial charge in [-0.05, 0) is 31.0 Å². The Bertz CT molecular complexity index is 403. The van der Waals surface area contributed by atoms with Gasteiger partial charge in [0.2, 0.25) is 0 Å². The second-order valence-corrected chi connectivity index (χ2v) is 3.39. The number of hydrogen-bond acceptors (Lipinski definition) is 2.